The molecule has 0 atom stereocenters. The number of pyridine rings is 1. The number of carbonyl (C=O) groups is 1. The highest BCUT2D eigenvalue weighted by atomic mass is 16.2. The van der Waals surface area contributed by atoms with E-state index >= 15 is 0 Å². The molecule has 0 unspecified atom stereocenters. The Balaban J connectivity index is 1.59. The Bertz CT molecular complexity index is 1310. The number of rotatable bonds is 3. The molecule has 7 heteroatoms. The number of carbonyl (C=O) groups excluding carboxylic acids is 1. The molecule has 0 aliphatic carbocycles. The first-order chi connectivity index (χ1) is 15.0. The van der Waals surface area contributed by atoms with E-state index in [2.05, 4.69) is 15.0 Å². The molecule has 2 aromatic carbocycles. The Morgan fingerprint density at radius 1 is 1.19 bits per heavy atom. The molecule has 1 aliphatic rings. The molecule has 5 rings (SSSR count). The number of amides is 1. The van der Waals surface area contributed by atoms with E-state index in [-0.39, 0.29) is 11.6 Å². The quantitative estimate of drug-likeness (QED) is 0.351. The Kier molecular flexibility index (Phi) is 4.51. The number of nitrogens with two attached hydrogens (primary N) is 1. The Morgan fingerprint density at radius 3 is 2.84 bits per heavy atom. The van der Waals surface area contributed by atoms with Gasteiger partial charge in [0.1, 0.15) is 5.71 Å². The van der Waals surface area contributed by atoms with Crippen LogP contribution in [0, 0.1) is 5.41 Å². The average Bonchev–Trinajstić information content (AvgIpc) is 3.22. The second-order valence-corrected chi connectivity index (χ2v) is 7.74. The Morgan fingerprint density at radius 2 is 2.03 bits per heavy atom. The van der Waals surface area contributed by atoms with Crippen molar-refractivity contribution in [1.29, 1.82) is 5.41 Å². The number of aromatic amines is 1. The number of nitrogen functional groups attached to an aromatic ring is 1. The van der Waals surface area contributed by atoms with Crippen molar-refractivity contribution in [2.24, 2.45) is 0 Å². The number of hydrogen-bond acceptors (Lipinski definition) is 5. The van der Waals surface area contributed by atoms with Gasteiger partial charge in [-0.1, -0.05) is 18.2 Å². The van der Waals surface area contributed by atoms with Gasteiger partial charge in [-0.05, 0) is 48.2 Å². The van der Waals surface area contributed by atoms with Crippen LogP contribution in [0.1, 0.15) is 30.3 Å². The first kappa shape index (κ1) is 19.0. The zero-order valence-corrected chi connectivity index (χ0v) is 17.1. The summed E-state index contributed by atoms with van der Waals surface area (Å²) in [4.78, 5) is 26.0. The van der Waals surface area contributed by atoms with E-state index in [4.69, 9.17) is 11.1 Å². The lowest BCUT2D eigenvalue weighted by atomic mass is 9.92. The molecule has 0 fully saturated rings. The lowest BCUT2D eigenvalue weighted by Gasteiger charge is -2.29. The Labute approximate surface area is 179 Å². The third-order valence-electron chi connectivity index (χ3n) is 5.77. The maximum atomic E-state index is 12.1. The third-order valence-corrected chi connectivity index (χ3v) is 5.77. The molecule has 1 amide bonds. The van der Waals surface area contributed by atoms with Gasteiger partial charge >= 0.3 is 0 Å². The Hall–Kier alpha value is -4.00. The minimum absolute atomic E-state index is 0.0181. The van der Waals surface area contributed by atoms with Gasteiger partial charge in [0.2, 0.25) is 5.91 Å². The molecule has 0 spiro atoms. The second kappa shape index (κ2) is 7.36. The summed E-state index contributed by atoms with van der Waals surface area (Å²) in [7, 11) is 0. The van der Waals surface area contributed by atoms with Crippen LogP contribution in [0.4, 0.5) is 11.4 Å². The standard InChI is InChI=1S/C24H22N6O/c1-14(31)30-10-4-5-16-18(12-27-13-22(16)30)15-8-9-19(25)17(11-15)23(26)24-28-20-6-2-3-7-21(20)29-24/h2-3,6-9,11-13,26H,4-5,10,25H2,1H3,(H,28,29). The molecule has 154 valence electrons. The van der Waals surface area contributed by atoms with Gasteiger partial charge in [-0.3, -0.25) is 15.2 Å². The highest BCUT2D eigenvalue weighted by Crippen LogP contribution is 2.35. The smallest absolute Gasteiger partial charge is 0.223 e. The van der Waals surface area contributed by atoms with Crippen molar-refractivity contribution in [3.8, 4) is 11.1 Å². The fourth-order valence-electron chi connectivity index (χ4n) is 4.22. The molecule has 0 radical (unpaired) electrons. The van der Waals surface area contributed by atoms with E-state index in [1.165, 1.54) is 0 Å². The van der Waals surface area contributed by atoms with Gasteiger partial charge in [0.15, 0.2) is 5.82 Å². The van der Waals surface area contributed by atoms with E-state index in [1.54, 1.807) is 18.0 Å². The minimum Gasteiger partial charge on any atom is -0.398 e. The number of nitrogens with one attached hydrogen (secondary N) is 2. The van der Waals surface area contributed by atoms with Crippen molar-refractivity contribution in [2.75, 3.05) is 17.2 Å². The summed E-state index contributed by atoms with van der Waals surface area (Å²) < 4.78 is 0. The van der Waals surface area contributed by atoms with Crippen molar-refractivity contribution in [3.05, 3.63) is 71.8 Å². The molecule has 3 heterocycles. The predicted octanol–water partition coefficient (Wildman–Crippen LogP) is 3.92. The fourth-order valence-corrected chi connectivity index (χ4v) is 4.22. The number of H-pyrrole nitrogens is 1. The predicted molar refractivity (Wildman–Crippen MR) is 122 cm³/mol. The summed E-state index contributed by atoms with van der Waals surface area (Å²) in [5.41, 5.74) is 13.1. The number of anilines is 2. The van der Waals surface area contributed by atoms with Crippen LogP contribution in [0.3, 0.4) is 0 Å². The van der Waals surface area contributed by atoms with E-state index in [9.17, 15) is 4.79 Å². The largest absolute Gasteiger partial charge is 0.398 e. The average molecular weight is 410 g/mol. The van der Waals surface area contributed by atoms with E-state index in [0.717, 1.165) is 46.3 Å². The molecule has 0 saturated heterocycles. The molecule has 4 N–H and O–H groups in total. The van der Waals surface area contributed by atoms with Crippen LogP contribution in [-0.2, 0) is 11.2 Å². The van der Waals surface area contributed by atoms with Crippen LogP contribution in [0.25, 0.3) is 22.2 Å². The maximum absolute atomic E-state index is 12.1. The van der Waals surface area contributed by atoms with Crippen LogP contribution >= 0.6 is 0 Å². The van der Waals surface area contributed by atoms with Gasteiger partial charge in [0.25, 0.3) is 0 Å². The summed E-state index contributed by atoms with van der Waals surface area (Å²) in [6.07, 6.45) is 5.36. The summed E-state index contributed by atoms with van der Waals surface area (Å²) in [6.45, 7) is 2.29. The third kappa shape index (κ3) is 3.24. The summed E-state index contributed by atoms with van der Waals surface area (Å²) in [6, 6.07) is 13.4. The lowest BCUT2D eigenvalue weighted by molar-refractivity contribution is -0.116. The lowest BCUT2D eigenvalue weighted by Crippen LogP contribution is -2.33. The molecule has 0 bridgehead atoms. The fraction of sp³-hybridized carbons (Fsp3) is 0.167. The van der Waals surface area contributed by atoms with E-state index in [1.807, 2.05) is 48.7 Å². The first-order valence-corrected chi connectivity index (χ1v) is 10.2. The van der Waals surface area contributed by atoms with Gasteiger partial charge in [-0.2, -0.15) is 0 Å². The van der Waals surface area contributed by atoms with Crippen LogP contribution < -0.4 is 10.6 Å². The molecule has 7 nitrogen and oxygen atoms in total. The summed E-state index contributed by atoms with van der Waals surface area (Å²) >= 11 is 0. The molecular formula is C24H22N6O. The number of hydrogen-bond donors (Lipinski definition) is 3. The van der Waals surface area contributed by atoms with Crippen LogP contribution in [0.5, 0.6) is 0 Å². The monoisotopic (exact) mass is 410 g/mol. The van der Waals surface area contributed by atoms with Gasteiger partial charge in [0.05, 0.1) is 22.9 Å². The van der Waals surface area contributed by atoms with E-state index in [0.29, 0.717) is 23.6 Å². The minimum atomic E-state index is 0.0181. The molecule has 1 aliphatic heterocycles. The highest BCUT2D eigenvalue weighted by molar-refractivity contribution is 6.13. The number of benzene rings is 2. The molecule has 2 aromatic heterocycles. The number of nitrogens with zero attached hydrogens (tertiary/aromatic N) is 3. The number of fused-ring (bicyclic) bond motifs is 2. The van der Waals surface area contributed by atoms with Crippen molar-refractivity contribution in [1.82, 2.24) is 15.0 Å². The van der Waals surface area contributed by atoms with Crippen molar-refractivity contribution < 1.29 is 4.79 Å². The van der Waals surface area contributed by atoms with Gasteiger partial charge in [0, 0.05) is 36.5 Å². The van der Waals surface area contributed by atoms with Crippen LogP contribution in [0.2, 0.25) is 0 Å². The van der Waals surface area contributed by atoms with Crippen molar-refractivity contribution >= 4 is 34.0 Å². The van der Waals surface area contributed by atoms with E-state index < -0.39 is 0 Å². The van der Waals surface area contributed by atoms with Gasteiger partial charge in [-0.15, -0.1) is 0 Å². The zero-order chi connectivity index (χ0) is 21.5. The molecule has 4 aromatic rings. The van der Waals surface area contributed by atoms with Crippen LogP contribution in [-0.4, -0.2) is 33.1 Å². The van der Waals surface area contributed by atoms with Gasteiger partial charge < -0.3 is 15.6 Å². The van der Waals surface area contributed by atoms with Crippen molar-refractivity contribution in [3.63, 3.8) is 0 Å². The number of aromatic nitrogens is 3. The maximum Gasteiger partial charge on any atom is 0.223 e. The summed E-state index contributed by atoms with van der Waals surface area (Å²) in [5, 5.41) is 8.74. The molecular weight excluding hydrogens is 388 g/mol. The topological polar surface area (TPSA) is 112 Å². The second-order valence-electron chi connectivity index (χ2n) is 7.74. The molecule has 31 heavy (non-hydrogen) atoms. The SMILES string of the molecule is CC(=O)N1CCCc2c(-c3ccc(N)c(C(=N)c4nc5ccccc5[nH]4)c3)cncc21. The number of para-hydroxylation sites is 2. The van der Waals surface area contributed by atoms with Crippen LogP contribution in [0.15, 0.2) is 54.9 Å². The normalized spacial score (nSPS) is 13.3. The first-order valence-electron chi connectivity index (χ1n) is 10.2. The number of imidazole rings is 1. The highest BCUT2D eigenvalue weighted by Gasteiger charge is 2.23. The zero-order valence-electron chi connectivity index (χ0n) is 17.1. The van der Waals surface area contributed by atoms with Gasteiger partial charge in [-0.25, -0.2) is 4.98 Å². The summed E-state index contributed by atoms with van der Waals surface area (Å²) in [5.74, 6) is 0.491. The molecule has 0 saturated carbocycles. The van der Waals surface area contributed by atoms with Crippen molar-refractivity contribution in [2.45, 2.75) is 19.8 Å².